The number of rotatable bonds is 8. The van der Waals surface area contributed by atoms with E-state index in [0.29, 0.717) is 33.8 Å². The Labute approximate surface area is 239 Å². The van der Waals surface area contributed by atoms with Crippen LogP contribution in [0, 0.1) is 5.92 Å². The first kappa shape index (κ1) is 27.5. The molecule has 11 heteroatoms. The Kier molecular flexibility index (Phi) is 7.17. The van der Waals surface area contributed by atoms with E-state index in [4.69, 9.17) is 4.74 Å². The predicted octanol–water partition coefficient (Wildman–Crippen LogP) is 5.96. The molecule has 42 heavy (non-hydrogen) atoms. The van der Waals surface area contributed by atoms with E-state index in [0.717, 1.165) is 37.9 Å². The smallest absolute Gasteiger partial charge is 0.434 e. The SMILES string of the molecule is O=C(O)c1cnn(-c2cccc(-c3ccccc3OCc3ccc(C4CCN(C(=O)C5CC5)C4)cc3)n2)c1C(F)(F)F. The number of carboxylic acids is 1. The molecule has 3 heterocycles. The first-order chi connectivity index (χ1) is 20.2. The summed E-state index contributed by atoms with van der Waals surface area (Å²) in [6, 6.07) is 19.7. The van der Waals surface area contributed by atoms with Crippen LogP contribution in [0.5, 0.6) is 5.75 Å². The molecule has 1 saturated carbocycles. The summed E-state index contributed by atoms with van der Waals surface area (Å²) in [7, 11) is 0. The van der Waals surface area contributed by atoms with Crippen molar-refractivity contribution >= 4 is 11.9 Å². The van der Waals surface area contributed by atoms with E-state index in [1.54, 1.807) is 30.3 Å². The second kappa shape index (κ2) is 11.0. The number of aromatic nitrogens is 3. The average molecular weight is 577 g/mol. The molecule has 6 rings (SSSR count). The topological polar surface area (TPSA) is 97.5 Å². The monoisotopic (exact) mass is 576 g/mol. The van der Waals surface area contributed by atoms with Gasteiger partial charge in [-0.15, -0.1) is 0 Å². The van der Waals surface area contributed by atoms with Crippen LogP contribution in [0.3, 0.4) is 0 Å². The molecular weight excluding hydrogens is 549 g/mol. The van der Waals surface area contributed by atoms with Crippen LogP contribution in [0.4, 0.5) is 13.2 Å². The van der Waals surface area contributed by atoms with Gasteiger partial charge in [0.1, 0.15) is 17.9 Å². The minimum Gasteiger partial charge on any atom is -0.488 e. The van der Waals surface area contributed by atoms with Crippen molar-refractivity contribution in [3.63, 3.8) is 0 Å². The van der Waals surface area contributed by atoms with Crippen LogP contribution >= 0.6 is 0 Å². The molecule has 1 aliphatic heterocycles. The van der Waals surface area contributed by atoms with Gasteiger partial charge in [-0.3, -0.25) is 4.79 Å². The minimum atomic E-state index is -4.95. The maximum absolute atomic E-state index is 13.7. The summed E-state index contributed by atoms with van der Waals surface area (Å²) in [5.41, 5.74) is 0.654. The summed E-state index contributed by atoms with van der Waals surface area (Å²) in [5, 5.41) is 12.9. The first-order valence-corrected chi connectivity index (χ1v) is 13.6. The van der Waals surface area contributed by atoms with E-state index in [-0.39, 0.29) is 24.2 Å². The van der Waals surface area contributed by atoms with E-state index in [2.05, 4.69) is 22.2 Å². The van der Waals surface area contributed by atoms with Gasteiger partial charge in [-0.25, -0.2) is 14.5 Å². The standard InChI is InChI=1S/C31H27F3N4O4/c32-31(33,34)28-24(30(40)41)16-35-38(28)27-7-3-5-25(36-27)23-4-1-2-6-26(23)42-18-19-8-10-20(11-9-19)22-14-15-37(17-22)29(39)21-12-13-21/h1-11,16,21-22H,12-15,17-18H2,(H,40,41). The highest BCUT2D eigenvalue weighted by Gasteiger charge is 2.41. The fourth-order valence-electron chi connectivity index (χ4n) is 5.31. The molecule has 2 aromatic heterocycles. The Hall–Kier alpha value is -4.67. The van der Waals surface area contributed by atoms with E-state index in [9.17, 15) is 27.9 Å². The number of ether oxygens (including phenoxy) is 1. The Morgan fingerprint density at radius 3 is 2.45 bits per heavy atom. The third-order valence-electron chi connectivity index (χ3n) is 7.65. The van der Waals surface area contributed by atoms with Crippen LogP contribution in [0.1, 0.15) is 52.4 Å². The van der Waals surface area contributed by atoms with Crippen molar-refractivity contribution in [1.82, 2.24) is 19.7 Å². The number of halogens is 3. The third-order valence-corrected chi connectivity index (χ3v) is 7.65. The zero-order chi connectivity index (χ0) is 29.4. The maximum atomic E-state index is 13.7. The number of pyridine rings is 1. The lowest BCUT2D eigenvalue weighted by Crippen LogP contribution is -2.29. The molecule has 1 aliphatic carbocycles. The molecule has 0 spiro atoms. The van der Waals surface area contributed by atoms with Gasteiger partial charge < -0.3 is 14.7 Å². The predicted molar refractivity (Wildman–Crippen MR) is 146 cm³/mol. The molecule has 0 radical (unpaired) electrons. The van der Waals surface area contributed by atoms with Crippen LogP contribution in [-0.4, -0.2) is 49.7 Å². The Morgan fingerprint density at radius 2 is 1.74 bits per heavy atom. The summed E-state index contributed by atoms with van der Waals surface area (Å²) >= 11 is 0. The second-order valence-corrected chi connectivity index (χ2v) is 10.6. The van der Waals surface area contributed by atoms with Crippen molar-refractivity contribution in [2.45, 2.75) is 38.0 Å². The van der Waals surface area contributed by atoms with E-state index < -0.39 is 23.4 Å². The van der Waals surface area contributed by atoms with Crippen LogP contribution < -0.4 is 4.74 Å². The van der Waals surface area contributed by atoms with E-state index in [1.165, 1.54) is 17.7 Å². The van der Waals surface area contributed by atoms with Crippen molar-refractivity contribution < 1.29 is 32.6 Å². The Balaban J connectivity index is 1.18. The number of carboxylic acid groups (broad SMARTS) is 1. The molecule has 2 aliphatic rings. The van der Waals surface area contributed by atoms with Gasteiger partial charge in [0.2, 0.25) is 5.91 Å². The summed E-state index contributed by atoms with van der Waals surface area (Å²) in [4.78, 5) is 30.1. The number of benzene rings is 2. The number of carbonyl (C=O) groups is 2. The highest BCUT2D eigenvalue weighted by molar-refractivity contribution is 5.89. The number of hydrogen-bond acceptors (Lipinski definition) is 5. The number of aromatic carboxylic acids is 1. The summed E-state index contributed by atoms with van der Waals surface area (Å²) in [6.45, 7) is 1.81. The minimum absolute atomic E-state index is 0.179. The van der Waals surface area contributed by atoms with Crippen molar-refractivity contribution in [2.75, 3.05) is 13.1 Å². The summed E-state index contributed by atoms with van der Waals surface area (Å²) < 4.78 is 47.8. The maximum Gasteiger partial charge on any atom is 0.434 e. The van der Waals surface area contributed by atoms with Gasteiger partial charge in [0.15, 0.2) is 11.5 Å². The van der Waals surface area contributed by atoms with Crippen molar-refractivity contribution in [1.29, 1.82) is 0 Å². The van der Waals surface area contributed by atoms with Gasteiger partial charge in [-0.05, 0) is 54.7 Å². The second-order valence-electron chi connectivity index (χ2n) is 10.6. The number of amides is 1. The molecule has 2 aromatic carbocycles. The molecule has 1 unspecified atom stereocenters. The molecule has 2 fully saturated rings. The molecule has 0 bridgehead atoms. The van der Waals surface area contributed by atoms with E-state index >= 15 is 0 Å². The third kappa shape index (κ3) is 5.59. The Bertz CT molecular complexity index is 1630. The van der Waals surface area contributed by atoms with Crippen LogP contribution in [0.15, 0.2) is 72.9 Å². The van der Waals surface area contributed by atoms with E-state index in [1.807, 2.05) is 17.0 Å². The largest absolute Gasteiger partial charge is 0.488 e. The quantitative estimate of drug-likeness (QED) is 0.278. The van der Waals surface area contributed by atoms with Gasteiger partial charge in [0, 0.05) is 30.5 Å². The zero-order valence-corrected chi connectivity index (χ0v) is 22.4. The number of likely N-dealkylation sites (tertiary alicyclic amines) is 1. The summed E-state index contributed by atoms with van der Waals surface area (Å²) in [5.74, 6) is -0.583. The first-order valence-electron chi connectivity index (χ1n) is 13.6. The Morgan fingerprint density at radius 1 is 0.976 bits per heavy atom. The molecule has 1 amide bonds. The highest BCUT2D eigenvalue weighted by atomic mass is 19.4. The van der Waals surface area contributed by atoms with Crippen molar-refractivity contribution in [3.05, 3.63) is 95.3 Å². The van der Waals surface area contributed by atoms with Gasteiger partial charge in [0.25, 0.3) is 0 Å². The molecule has 1 saturated heterocycles. The average Bonchev–Trinajstić information content (AvgIpc) is 3.52. The normalized spacial score (nSPS) is 16.9. The van der Waals surface area contributed by atoms with Gasteiger partial charge in [-0.1, -0.05) is 42.5 Å². The summed E-state index contributed by atoms with van der Waals surface area (Å²) in [6.07, 6.45) is -1.32. The number of alkyl halides is 3. The molecule has 1 atom stereocenters. The fraction of sp³-hybridized carbons (Fsp3) is 0.290. The van der Waals surface area contributed by atoms with Gasteiger partial charge in [-0.2, -0.15) is 18.3 Å². The highest BCUT2D eigenvalue weighted by Crippen LogP contribution is 2.36. The lowest BCUT2D eigenvalue weighted by Gasteiger charge is -2.16. The zero-order valence-electron chi connectivity index (χ0n) is 22.4. The fourth-order valence-corrected chi connectivity index (χ4v) is 5.31. The molecule has 8 nitrogen and oxygen atoms in total. The van der Waals surface area contributed by atoms with Gasteiger partial charge in [0.05, 0.1) is 11.9 Å². The lowest BCUT2D eigenvalue weighted by atomic mass is 9.97. The van der Waals surface area contributed by atoms with Crippen LogP contribution in [0.2, 0.25) is 0 Å². The molecule has 4 aromatic rings. The van der Waals surface area contributed by atoms with Crippen LogP contribution in [-0.2, 0) is 17.6 Å². The number of hydrogen-bond donors (Lipinski definition) is 1. The molecule has 216 valence electrons. The van der Waals surface area contributed by atoms with Gasteiger partial charge >= 0.3 is 12.1 Å². The number of para-hydroxylation sites is 1. The molecule has 1 N–H and O–H groups in total. The lowest BCUT2D eigenvalue weighted by molar-refractivity contribution is -0.143. The number of nitrogens with zero attached hydrogens (tertiary/aromatic N) is 4. The van der Waals surface area contributed by atoms with Crippen LogP contribution in [0.25, 0.3) is 17.1 Å². The van der Waals surface area contributed by atoms with Crippen molar-refractivity contribution in [2.24, 2.45) is 5.92 Å². The number of carbonyl (C=O) groups excluding carboxylic acids is 1. The van der Waals surface area contributed by atoms with Crippen molar-refractivity contribution in [3.8, 4) is 22.8 Å². The molecular formula is C31H27F3N4O4.